The van der Waals surface area contributed by atoms with Crippen LogP contribution in [0.4, 0.5) is 0 Å². The van der Waals surface area contributed by atoms with Crippen molar-refractivity contribution in [2.75, 3.05) is 19.8 Å². The van der Waals surface area contributed by atoms with E-state index in [-0.39, 0.29) is 11.8 Å². The molecule has 2 aliphatic heterocycles. The Morgan fingerprint density at radius 1 is 1.13 bits per heavy atom. The third-order valence-corrected chi connectivity index (χ3v) is 5.66. The normalized spacial score (nSPS) is 18.3. The Balaban J connectivity index is 1.31. The Kier molecular flexibility index (Phi) is 5.24. The van der Waals surface area contributed by atoms with Crippen molar-refractivity contribution in [3.05, 3.63) is 83.1 Å². The summed E-state index contributed by atoms with van der Waals surface area (Å²) < 4.78 is 17.4. The molecule has 0 N–H and O–H groups in total. The van der Waals surface area contributed by atoms with Crippen molar-refractivity contribution < 1.29 is 18.7 Å². The molecule has 1 fully saturated rings. The van der Waals surface area contributed by atoms with Crippen LogP contribution < -0.4 is 4.74 Å². The number of benzene rings is 2. The molecule has 1 amide bonds. The van der Waals surface area contributed by atoms with Crippen LogP contribution in [0.2, 0.25) is 0 Å². The summed E-state index contributed by atoms with van der Waals surface area (Å²) in [4.78, 5) is 19.8. The summed E-state index contributed by atoms with van der Waals surface area (Å²) in [6.07, 6.45) is 1.61. The van der Waals surface area contributed by atoms with Gasteiger partial charge in [0, 0.05) is 19.6 Å². The van der Waals surface area contributed by atoms with Crippen LogP contribution in [0.25, 0.3) is 0 Å². The van der Waals surface area contributed by atoms with Gasteiger partial charge in [0.1, 0.15) is 23.8 Å². The Morgan fingerprint density at radius 2 is 1.97 bits per heavy atom. The molecular formula is C24H24N2O4. The summed E-state index contributed by atoms with van der Waals surface area (Å²) in [6, 6.07) is 17.4. The van der Waals surface area contributed by atoms with Crippen molar-refractivity contribution >= 4 is 5.91 Å². The number of amides is 1. The number of hydrogen-bond donors (Lipinski definition) is 0. The van der Waals surface area contributed by atoms with E-state index in [0.29, 0.717) is 44.0 Å². The Bertz CT molecular complexity index is 1020. The fourth-order valence-corrected chi connectivity index (χ4v) is 3.97. The highest BCUT2D eigenvalue weighted by Crippen LogP contribution is 2.30. The van der Waals surface area contributed by atoms with E-state index in [1.807, 2.05) is 59.5 Å². The zero-order valence-corrected chi connectivity index (χ0v) is 16.8. The Labute approximate surface area is 175 Å². The summed E-state index contributed by atoms with van der Waals surface area (Å²) >= 11 is 0. The summed E-state index contributed by atoms with van der Waals surface area (Å²) in [5.41, 5.74) is 2.50. The summed E-state index contributed by atoms with van der Waals surface area (Å²) in [5.74, 6) is 2.43. The topological polar surface area (TPSA) is 64.8 Å². The van der Waals surface area contributed by atoms with Crippen LogP contribution in [0, 0.1) is 0 Å². The largest absolute Gasteiger partial charge is 0.488 e. The minimum atomic E-state index is -0.0435. The van der Waals surface area contributed by atoms with Gasteiger partial charge in [-0.3, -0.25) is 4.79 Å². The number of carbonyl (C=O) groups is 1. The quantitative estimate of drug-likeness (QED) is 0.644. The number of nitrogens with zero attached hydrogens (tertiary/aromatic N) is 2. The van der Waals surface area contributed by atoms with Crippen LogP contribution >= 0.6 is 0 Å². The van der Waals surface area contributed by atoms with Crippen LogP contribution in [0.3, 0.4) is 0 Å². The SMILES string of the molecule is O=C(c1ccccc1OCc1ccccc1)N1CCc2oc(C3CCOC3)nc2C1. The van der Waals surface area contributed by atoms with E-state index in [1.54, 1.807) is 0 Å². The third kappa shape index (κ3) is 3.83. The molecule has 6 nitrogen and oxygen atoms in total. The van der Waals surface area contributed by atoms with Gasteiger partial charge < -0.3 is 18.8 Å². The van der Waals surface area contributed by atoms with Gasteiger partial charge in [0.2, 0.25) is 0 Å². The van der Waals surface area contributed by atoms with E-state index in [1.165, 1.54) is 0 Å². The molecule has 3 aromatic rings. The maximum atomic E-state index is 13.3. The van der Waals surface area contributed by atoms with Crippen molar-refractivity contribution in [2.45, 2.75) is 31.9 Å². The highest BCUT2D eigenvalue weighted by molar-refractivity contribution is 5.97. The van der Waals surface area contributed by atoms with Gasteiger partial charge in [0.15, 0.2) is 5.89 Å². The Hall–Kier alpha value is -3.12. The standard InChI is InChI=1S/C24H24N2O4/c27-24(19-8-4-5-9-21(19)29-15-17-6-2-1-3-7-17)26-12-10-22-20(14-26)25-23(30-22)18-11-13-28-16-18/h1-9,18H,10-16H2. The molecule has 2 aliphatic rings. The fourth-order valence-electron chi connectivity index (χ4n) is 3.97. The van der Waals surface area contributed by atoms with E-state index >= 15 is 0 Å². The van der Waals surface area contributed by atoms with Gasteiger partial charge in [-0.25, -0.2) is 4.98 Å². The first-order valence-electron chi connectivity index (χ1n) is 10.4. The number of hydrogen-bond acceptors (Lipinski definition) is 5. The van der Waals surface area contributed by atoms with Crippen LogP contribution in [-0.4, -0.2) is 35.5 Å². The second kappa shape index (κ2) is 8.32. The number of oxazole rings is 1. The van der Waals surface area contributed by atoms with Crippen LogP contribution in [0.1, 0.15) is 45.6 Å². The molecule has 154 valence electrons. The molecule has 30 heavy (non-hydrogen) atoms. The molecule has 3 heterocycles. The first-order valence-corrected chi connectivity index (χ1v) is 10.4. The molecule has 0 radical (unpaired) electrons. The minimum absolute atomic E-state index is 0.0435. The average Bonchev–Trinajstić information content (AvgIpc) is 3.47. The maximum absolute atomic E-state index is 13.3. The molecule has 1 aromatic heterocycles. The zero-order valence-electron chi connectivity index (χ0n) is 16.8. The lowest BCUT2D eigenvalue weighted by molar-refractivity contribution is 0.0723. The second-order valence-corrected chi connectivity index (χ2v) is 7.73. The first kappa shape index (κ1) is 18.9. The number of ether oxygens (including phenoxy) is 2. The van der Waals surface area contributed by atoms with Crippen LogP contribution in [0.15, 0.2) is 59.0 Å². The number of carbonyl (C=O) groups excluding carboxylic acids is 1. The highest BCUT2D eigenvalue weighted by atomic mass is 16.5. The lowest BCUT2D eigenvalue weighted by Gasteiger charge is -2.26. The van der Waals surface area contributed by atoms with Crippen LogP contribution in [0.5, 0.6) is 5.75 Å². The second-order valence-electron chi connectivity index (χ2n) is 7.73. The van der Waals surface area contributed by atoms with Crippen molar-refractivity contribution in [1.29, 1.82) is 0 Å². The van der Waals surface area contributed by atoms with E-state index in [4.69, 9.17) is 13.9 Å². The molecule has 6 heteroatoms. The molecule has 2 aromatic carbocycles. The molecule has 0 spiro atoms. The van der Waals surface area contributed by atoms with E-state index in [2.05, 4.69) is 4.98 Å². The molecule has 0 saturated carbocycles. The first-order chi connectivity index (χ1) is 14.8. The summed E-state index contributed by atoms with van der Waals surface area (Å²) in [5, 5.41) is 0. The monoisotopic (exact) mass is 404 g/mol. The fraction of sp³-hybridized carbons (Fsp3) is 0.333. The highest BCUT2D eigenvalue weighted by Gasteiger charge is 2.30. The number of fused-ring (bicyclic) bond motifs is 1. The van der Waals surface area contributed by atoms with Gasteiger partial charge >= 0.3 is 0 Å². The minimum Gasteiger partial charge on any atom is -0.488 e. The van der Waals surface area contributed by atoms with E-state index in [9.17, 15) is 4.79 Å². The Morgan fingerprint density at radius 3 is 2.80 bits per heavy atom. The van der Waals surface area contributed by atoms with Gasteiger partial charge in [0.25, 0.3) is 5.91 Å². The molecule has 0 bridgehead atoms. The molecule has 1 atom stereocenters. The number of para-hydroxylation sites is 1. The predicted molar refractivity (Wildman–Crippen MR) is 110 cm³/mol. The molecule has 1 saturated heterocycles. The van der Waals surface area contributed by atoms with Gasteiger partial charge in [-0.2, -0.15) is 0 Å². The third-order valence-electron chi connectivity index (χ3n) is 5.66. The smallest absolute Gasteiger partial charge is 0.257 e. The maximum Gasteiger partial charge on any atom is 0.257 e. The van der Waals surface area contributed by atoms with Gasteiger partial charge in [-0.05, 0) is 24.1 Å². The van der Waals surface area contributed by atoms with Crippen LogP contribution in [-0.2, 0) is 24.3 Å². The summed E-state index contributed by atoms with van der Waals surface area (Å²) in [6.45, 7) is 2.90. The van der Waals surface area contributed by atoms with Crippen molar-refractivity contribution in [1.82, 2.24) is 9.88 Å². The van der Waals surface area contributed by atoms with E-state index < -0.39 is 0 Å². The molecule has 0 aliphatic carbocycles. The van der Waals surface area contributed by atoms with Gasteiger partial charge in [-0.1, -0.05) is 42.5 Å². The number of aromatic nitrogens is 1. The molecule has 1 unspecified atom stereocenters. The predicted octanol–water partition coefficient (Wildman–Crippen LogP) is 3.96. The van der Waals surface area contributed by atoms with Gasteiger partial charge in [0.05, 0.1) is 24.6 Å². The lowest BCUT2D eigenvalue weighted by atomic mass is 10.1. The lowest BCUT2D eigenvalue weighted by Crippen LogP contribution is -2.36. The molecular weight excluding hydrogens is 380 g/mol. The average molecular weight is 404 g/mol. The van der Waals surface area contributed by atoms with Crippen molar-refractivity contribution in [2.24, 2.45) is 0 Å². The zero-order chi connectivity index (χ0) is 20.3. The van der Waals surface area contributed by atoms with Gasteiger partial charge in [-0.15, -0.1) is 0 Å². The molecule has 5 rings (SSSR count). The summed E-state index contributed by atoms with van der Waals surface area (Å²) in [7, 11) is 0. The van der Waals surface area contributed by atoms with Crippen molar-refractivity contribution in [3.63, 3.8) is 0 Å². The van der Waals surface area contributed by atoms with E-state index in [0.717, 1.165) is 35.9 Å². The number of rotatable bonds is 5. The van der Waals surface area contributed by atoms with Crippen molar-refractivity contribution in [3.8, 4) is 5.75 Å².